The van der Waals surface area contributed by atoms with Crippen molar-refractivity contribution in [3.63, 3.8) is 0 Å². The monoisotopic (exact) mass is 324 g/mol. The number of carbonyl (C=O) groups excluding carboxylic acids is 2. The van der Waals surface area contributed by atoms with E-state index in [-0.39, 0.29) is 0 Å². The topological polar surface area (TPSA) is 65.1 Å². The van der Waals surface area contributed by atoms with Crippen molar-refractivity contribution in [2.24, 2.45) is 0 Å². The molecule has 21 heavy (non-hydrogen) atoms. The van der Waals surface area contributed by atoms with Crippen molar-refractivity contribution in [1.29, 1.82) is 0 Å². The predicted molar refractivity (Wildman–Crippen MR) is 51.9 cm³/mol. The van der Waals surface area contributed by atoms with Crippen LogP contribution in [-0.4, -0.2) is 49.7 Å². The molecule has 1 rings (SSSR count). The molecule has 122 valence electrons. The number of epoxide rings is 1. The molecule has 0 aromatic rings. The van der Waals surface area contributed by atoms with Gasteiger partial charge in [-0.15, -0.1) is 0 Å². The van der Waals surface area contributed by atoms with Gasteiger partial charge in [0.25, 0.3) is 0 Å². The van der Waals surface area contributed by atoms with Crippen molar-refractivity contribution >= 4 is 11.9 Å². The molecular formula is C10H10F6O5. The Morgan fingerprint density at radius 3 is 1.43 bits per heavy atom. The van der Waals surface area contributed by atoms with Gasteiger partial charge in [-0.2, -0.15) is 26.3 Å². The number of alkyl halides is 6. The van der Waals surface area contributed by atoms with E-state index in [0.29, 0.717) is 0 Å². The molecule has 0 aromatic heterocycles. The number of hydrogen-bond acceptors (Lipinski definition) is 5. The second-order valence-corrected chi connectivity index (χ2v) is 4.17. The summed E-state index contributed by atoms with van der Waals surface area (Å²) in [6.45, 7) is -3.48. The van der Waals surface area contributed by atoms with E-state index in [2.05, 4.69) is 9.47 Å². The van der Waals surface area contributed by atoms with Gasteiger partial charge in [-0.3, -0.25) is 9.59 Å². The van der Waals surface area contributed by atoms with Crippen molar-refractivity contribution in [2.75, 3.05) is 13.2 Å². The summed E-state index contributed by atoms with van der Waals surface area (Å²) in [6, 6.07) is 0. The van der Waals surface area contributed by atoms with Gasteiger partial charge in [-0.25, -0.2) is 0 Å². The minimum atomic E-state index is -4.65. The third kappa shape index (κ3) is 8.38. The maximum absolute atomic E-state index is 11.7. The zero-order valence-electron chi connectivity index (χ0n) is 10.3. The maximum Gasteiger partial charge on any atom is 0.422 e. The lowest BCUT2D eigenvalue weighted by molar-refractivity contribution is -0.186. The van der Waals surface area contributed by atoms with Crippen LogP contribution in [0.25, 0.3) is 0 Å². The summed E-state index contributed by atoms with van der Waals surface area (Å²) in [4.78, 5) is 21.9. The van der Waals surface area contributed by atoms with Gasteiger partial charge in [-0.1, -0.05) is 0 Å². The highest BCUT2D eigenvalue weighted by molar-refractivity contribution is 5.72. The fourth-order valence-corrected chi connectivity index (χ4v) is 1.31. The molecule has 0 aromatic carbocycles. The number of hydrogen-bond donors (Lipinski definition) is 0. The van der Waals surface area contributed by atoms with Gasteiger partial charge < -0.3 is 14.2 Å². The molecule has 1 aliphatic heterocycles. The first-order valence-electron chi connectivity index (χ1n) is 5.56. The van der Waals surface area contributed by atoms with Crippen LogP contribution in [0.15, 0.2) is 0 Å². The van der Waals surface area contributed by atoms with Crippen LogP contribution in [0.3, 0.4) is 0 Å². The SMILES string of the molecule is O=C(CC1OC1CC(=O)OCC(F)(F)F)OCC(F)(F)F. The summed E-state index contributed by atoms with van der Waals surface area (Å²) in [5.74, 6) is -2.35. The molecule has 11 heteroatoms. The molecule has 0 amide bonds. The van der Waals surface area contributed by atoms with Crippen LogP contribution in [0.2, 0.25) is 0 Å². The molecule has 0 bridgehead atoms. The van der Waals surface area contributed by atoms with Crippen LogP contribution in [0.5, 0.6) is 0 Å². The normalized spacial score (nSPS) is 21.8. The van der Waals surface area contributed by atoms with Crippen molar-refractivity contribution < 1.29 is 50.1 Å². The highest BCUT2D eigenvalue weighted by Gasteiger charge is 2.43. The molecule has 1 fully saturated rings. The molecule has 2 atom stereocenters. The van der Waals surface area contributed by atoms with Gasteiger partial charge in [-0.05, 0) is 0 Å². The van der Waals surface area contributed by atoms with Gasteiger partial charge in [0.15, 0.2) is 13.2 Å². The van der Waals surface area contributed by atoms with Crippen molar-refractivity contribution in [3.05, 3.63) is 0 Å². The van der Waals surface area contributed by atoms with Crippen molar-refractivity contribution in [2.45, 2.75) is 37.4 Å². The maximum atomic E-state index is 11.7. The summed E-state index contributed by atoms with van der Waals surface area (Å²) in [5, 5.41) is 0. The Morgan fingerprint density at radius 1 is 0.810 bits per heavy atom. The average Bonchev–Trinajstić information content (AvgIpc) is 3.00. The molecular weight excluding hydrogens is 314 g/mol. The zero-order valence-corrected chi connectivity index (χ0v) is 10.3. The fraction of sp³-hybridized carbons (Fsp3) is 0.800. The van der Waals surface area contributed by atoms with Gasteiger partial charge >= 0.3 is 24.3 Å². The van der Waals surface area contributed by atoms with Crippen LogP contribution in [-0.2, 0) is 23.8 Å². The first-order valence-corrected chi connectivity index (χ1v) is 5.56. The lowest BCUT2D eigenvalue weighted by Crippen LogP contribution is -2.22. The van der Waals surface area contributed by atoms with E-state index < -0.39 is 62.6 Å². The van der Waals surface area contributed by atoms with E-state index >= 15 is 0 Å². The molecule has 0 saturated carbocycles. The lowest BCUT2D eigenvalue weighted by Gasteiger charge is -2.07. The van der Waals surface area contributed by atoms with Crippen molar-refractivity contribution in [3.8, 4) is 0 Å². The van der Waals surface area contributed by atoms with E-state index in [0.717, 1.165) is 0 Å². The Kier molecular flexibility index (Phi) is 5.42. The van der Waals surface area contributed by atoms with Gasteiger partial charge in [0.05, 0.1) is 25.0 Å². The van der Waals surface area contributed by atoms with Gasteiger partial charge in [0.1, 0.15) is 0 Å². The fourth-order valence-electron chi connectivity index (χ4n) is 1.31. The zero-order chi connectivity index (χ0) is 16.3. The highest BCUT2D eigenvalue weighted by Crippen LogP contribution is 2.29. The Morgan fingerprint density at radius 2 is 1.14 bits per heavy atom. The van der Waals surface area contributed by atoms with Gasteiger partial charge in [0, 0.05) is 0 Å². The minimum absolute atomic E-state index is 0.521. The number of ether oxygens (including phenoxy) is 3. The summed E-state index contributed by atoms with van der Waals surface area (Å²) >= 11 is 0. The number of halogens is 6. The summed E-state index contributed by atoms with van der Waals surface area (Å²) < 4.78 is 83.0. The second kappa shape index (κ2) is 6.50. The van der Waals surface area contributed by atoms with Crippen LogP contribution < -0.4 is 0 Å². The van der Waals surface area contributed by atoms with Crippen molar-refractivity contribution in [1.82, 2.24) is 0 Å². The first kappa shape index (κ1) is 17.5. The molecule has 0 N–H and O–H groups in total. The number of esters is 2. The van der Waals surface area contributed by atoms with Crippen LogP contribution >= 0.6 is 0 Å². The second-order valence-electron chi connectivity index (χ2n) is 4.17. The van der Waals surface area contributed by atoms with E-state index in [4.69, 9.17) is 4.74 Å². The Hall–Kier alpha value is -1.52. The molecule has 0 radical (unpaired) electrons. The third-order valence-corrected chi connectivity index (χ3v) is 2.22. The molecule has 1 heterocycles. The van der Waals surface area contributed by atoms with Crippen LogP contribution in [0.1, 0.15) is 12.8 Å². The predicted octanol–water partition coefficient (Wildman–Crippen LogP) is 1.75. The summed E-state index contributed by atoms with van der Waals surface area (Å²) in [5.41, 5.74) is 0. The molecule has 0 aliphatic carbocycles. The molecule has 2 unspecified atom stereocenters. The number of carbonyl (C=O) groups is 2. The highest BCUT2D eigenvalue weighted by atomic mass is 19.4. The quantitative estimate of drug-likeness (QED) is 0.423. The van der Waals surface area contributed by atoms with Crippen LogP contribution in [0.4, 0.5) is 26.3 Å². The minimum Gasteiger partial charge on any atom is -0.456 e. The standard InChI is InChI=1S/C10H10F6O5/c11-9(12,13)3-19-7(17)1-5-6(21-5)2-8(18)20-4-10(14,15)16/h5-6H,1-4H2. The Labute approximate surface area is 114 Å². The average molecular weight is 324 g/mol. The van der Waals surface area contributed by atoms with E-state index in [1.165, 1.54) is 0 Å². The Bertz CT molecular complexity index is 354. The molecule has 1 saturated heterocycles. The first-order chi connectivity index (χ1) is 9.46. The summed E-state index contributed by atoms with van der Waals surface area (Å²) in [7, 11) is 0. The summed E-state index contributed by atoms with van der Waals surface area (Å²) in [6.07, 6.45) is -12.1. The Balaban J connectivity index is 2.17. The lowest BCUT2D eigenvalue weighted by atomic mass is 10.2. The van der Waals surface area contributed by atoms with Gasteiger partial charge in [0.2, 0.25) is 0 Å². The molecule has 5 nitrogen and oxygen atoms in total. The smallest absolute Gasteiger partial charge is 0.422 e. The third-order valence-electron chi connectivity index (χ3n) is 2.22. The van der Waals surface area contributed by atoms with E-state index in [1.54, 1.807) is 0 Å². The van der Waals surface area contributed by atoms with E-state index in [1.807, 2.05) is 0 Å². The van der Waals surface area contributed by atoms with E-state index in [9.17, 15) is 35.9 Å². The van der Waals surface area contributed by atoms with Crippen LogP contribution in [0, 0.1) is 0 Å². The number of rotatable bonds is 6. The molecule has 0 spiro atoms. The largest absolute Gasteiger partial charge is 0.456 e. The molecule has 1 aliphatic rings.